The summed E-state index contributed by atoms with van der Waals surface area (Å²) in [6.07, 6.45) is 0.635. The molecule has 1 fully saturated rings. The monoisotopic (exact) mass is 406 g/mol. The molecule has 0 radical (unpaired) electrons. The van der Waals surface area contributed by atoms with Gasteiger partial charge in [0, 0.05) is 17.7 Å². The van der Waals surface area contributed by atoms with Gasteiger partial charge in [-0.1, -0.05) is 42.5 Å². The minimum Gasteiger partial charge on any atom is -0.467 e. The first-order chi connectivity index (χ1) is 13.6. The van der Waals surface area contributed by atoms with E-state index in [1.165, 1.54) is 11.3 Å². The molecule has 1 saturated heterocycles. The molecule has 2 bridgehead atoms. The SMILES string of the molecule is CC12CC(c3ccccc3O1)N(C(=O)c1cccs1)C(=S)N2c1ccccc1. The molecule has 4 nitrogen and oxygen atoms in total. The van der Waals surface area contributed by atoms with Gasteiger partial charge >= 0.3 is 0 Å². The number of benzene rings is 2. The number of thiocarbonyl (C=S) groups is 1. The van der Waals surface area contributed by atoms with Gasteiger partial charge in [-0.3, -0.25) is 14.6 Å². The summed E-state index contributed by atoms with van der Waals surface area (Å²) in [7, 11) is 0. The van der Waals surface area contributed by atoms with Crippen molar-refractivity contribution < 1.29 is 9.53 Å². The zero-order chi connectivity index (χ0) is 19.3. The van der Waals surface area contributed by atoms with Crippen LogP contribution in [0.2, 0.25) is 0 Å². The van der Waals surface area contributed by atoms with Crippen LogP contribution in [-0.2, 0) is 0 Å². The van der Waals surface area contributed by atoms with E-state index in [0.29, 0.717) is 16.4 Å². The van der Waals surface area contributed by atoms with Gasteiger partial charge in [-0.2, -0.15) is 0 Å². The van der Waals surface area contributed by atoms with Gasteiger partial charge in [0.1, 0.15) is 5.75 Å². The number of thiophene rings is 1. The van der Waals surface area contributed by atoms with E-state index in [4.69, 9.17) is 17.0 Å². The van der Waals surface area contributed by atoms with Gasteiger partial charge in [0.2, 0.25) is 0 Å². The Morgan fingerprint density at radius 1 is 1.11 bits per heavy atom. The Hall–Kier alpha value is -2.70. The van der Waals surface area contributed by atoms with Crippen LogP contribution in [0, 0.1) is 0 Å². The lowest BCUT2D eigenvalue weighted by Gasteiger charge is -2.55. The van der Waals surface area contributed by atoms with Crippen molar-refractivity contribution in [2.45, 2.75) is 25.1 Å². The lowest BCUT2D eigenvalue weighted by Crippen LogP contribution is -2.67. The number of carbonyl (C=O) groups is 1. The lowest BCUT2D eigenvalue weighted by atomic mass is 9.88. The molecule has 28 heavy (non-hydrogen) atoms. The quantitative estimate of drug-likeness (QED) is 0.545. The molecule has 6 heteroatoms. The summed E-state index contributed by atoms with van der Waals surface area (Å²) in [5.74, 6) is 0.735. The maximum atomic E-state index is 13.4. The number of hydrogen-bond acceptors (Lipinski definition) is 4. The summed E-state index contributed by atoms with van der Waals surface area (Å²) in [4.78, 5) is 17.9. The van der Waals surface area contributed by atoms with Crippen LogP contribution in [0.15, 0.2) is 72.1 Å². The van der Waals surface area contributed by atoms with Crippen molar-refractivity contribution in [1.82, 2.24) is 4.90 Å². The summed E-state index contributed by atoms with van der Waals surface area (Å²) >= 11 is 7.33. The van der Waals surface area contributed by atoms with Gasteiger partial charge in [-0.15, -0.1) is 11.3 Å². The zero-order valence-electron chi connectivity index (χ0n) is 15.2. The molecule has 1 amide bonds. The third-order valence-electron chi connectivity index (χ3n) is 5.33. The molecule has 0 N–H and O–H groups in total. The van der Waals surface area contributed by atoms with Crippen molar-refractivity contribution in [3.05, 3.63) is 82.6 Å². The molecule has 2 aliphatic heterocycles. The topological polar surface area (TPSA) is 32.8 Å². The van der Waals surface area contributed by atoms with E-state index in [0.717, 1.165) is 17.0 Å². The predicted molar refractivity (Wildman–Crippen MR) is 115 cm³/mol. The van der Waals surface area contributed by atoms with E-state index >= 15 is 0 Å². The van der Waals surface area contributed by atoms with E-state index in [1.807, 2.05) is 83.9 Å². The highest BCUT2D eigenvalue weighted by Gasteiger charge is 2.53. The average molecular weight is 407 g/mol. The number of hydrogen-bond donors (Lipinski definition) is 0. The Morgan fingerprint density at radius 3 is 2.61 bits per heavy atom. The normalized spacial score (nSPS) is 23.2. The first kappa shape index (κ1) is 17.4. The highest BCUT2D eigenvalue weighted by atomic mass is 32.1. The predicted octanol–water partition coefficient (Wildman–Crippen LogP) is 5.24. The van der Waals surface area contributed by atoms with Crippen molar-refractivity contribution >= 4 is 40.3 Å². The van der Waals surface area contributed by atoms with Crippen LogP contribution >= 0.6 is 23.6 Å². The van der Waals surface area contributed by atoms with Gasteiger partial charge < -0.3 is 4.74 Å². The lowest BCUT2D eigenvalue weighted by molar-refractivity contribution is 0.0186. The highest BCUT2D eigenvalue weighted by Crippen LogP contribution is 2.49. The van der Waals surface area contributed by atoms with Gasteiger partial charge in [0.05, 0.1) is 10.9 Å². The highest BCUT2D eigenvalue weighted by molar-refractivity contribution is 7.80. The summed E-state index contributed by atoms with van der Waals surface area (Å²) < 4.78 is 6.45. The van der Waals surface area contributed by atoms with Gasteiger partial charge in [-0.05, 0) is 48.8 Å². The zero-order valence-corrected chi connectivity index (χ0v) is 16.9. The number of amides is 1. The van der Waals surface area contributed by atoms with Crippen molar-refractivity contribution in [1.29, 1.82) is 0 Å². The van der Waals surface area contributed by atoms with Crippen molar-refractivity contribution in [2.75, 3.05) is 4.90 Å². The molecular formula is C22H18N2O2S2. The van der Waals surface area contributed by atoms with Crippen molar-refractivity contribution in [3.63, 3.8) is 0 Å². The third-order valence-corrected chi connectivity index (χ3v) is 6.56. The standard InChI is InChI=1S/C22H18N2O2S2/c1-22-14-17(16-10-5-6-11-18(16)26-22)23(20(25)19-12-7-13-28-19)21(27)24(22)15-8-3-2-4-9-15/h2-13,17H,14H2,1H3. The molecule has 1 aromatic heterocycles. The third kappa shape index (κ3) is 2.56. The van der Waals surface area contributed by atoms with Crippen molar-refractivity contribution in [2.24, 2.45) is 0 Å². The average Bonchev–Trinajstić information content (AvgIpc) is 3.23. The van der Waals surface area contributed by atoms with Crippen LogP contribution in [0.3, 0.4) is 0 Å². The molecule has 2 aromatic carbocycles. The van der Waals surface area contributed by atoms with Crippen LogP contribution in [0.25, 0.3) is 0 Å². The summed E-state index contributed by atoms with van der Waals surface area (Å²) in [5, 5.41) is 2.38. The Kier molecular flexibility index (Phi) is 4.00. The maximum Gasteiger partial charge on any atom is 0.270 e. The first-order valence-electron chi connectivity index (χ1n) is 9.13. The Morgan fingerprint density at radius 2 is 1.86 bits per heavy atom. The second kappa shape index (κ2) is 6.43. The van der Waals surface area contributed by atoms with E-state index in [2.05, 4.69) is 0 Å². The van der Waals surface area contributed by atoms with Gasteiger partial charge in [-0.25, -0.2) is 0 Å². The van der Waals surface area contributed by atoms with E-state index in [1.54, 1.807) is 4.90 Å². The largest absolute Gasteiger partial charge is 0.467 e. The van der Waals surface area contributed by atoms with Crippen LogP contribution in [0.5, 0.6) is 5.75 Å². The molecule has 140 valence electrons. The molecule has 2 atom stereocenters. The smallest absolute Gasteiger partial charge is 0.270 e. The Labute approximate surface area is 173 Å². The summed E-state index contributed by atoms with van der Waals surface area (Å²) in [5.41, 5.74) is 1.25. The maximum absolute atomic E-state index is 13.4. The van der Waals surface area contributed by atoms with Crippen LogP contribution < -0.4 is 9.64 Å². The molecule has 2 unspecified atom stereocenters. The van der Waals surface area contributed by atoms with Gasteiger partial charge in [0.25, 0.3) is 5.91 Å². The van der Waals surface area contributed by atoms with E-state index < -0.39 is 5.72 Å². The molecule has 3 heterocycles. The first-order valence-corrected chi connectivity index (χ1v) is 10.4. The second-order valence-electron chi connectivity index (χ2n) is 7.14. The fraction of sp³-hybridized carbons (Fsp3) is 0.182. The fourth-order valence-corrected chi connectivity index (χ4v) is 5.28. The number of fused-ring (bicyclic) bond motifs is 4. The number of rotatable bonds is 2. The number of carbonyl (C=O) groups excluding carboxylic acids is 1. The number of para-hydroxylation sites is 2. The Bertz CT molecular complexity index is 1050. The fourth-order valence-electron chi connectivity index (χ4n) is 4.11. The number of ether oxygens (including phenoxy) is 1. The molecule has 5 rings (SSSR count). The molecule has 0 aliphatic carbocycles. The molecule has 0 spiro atoms. The van der Waals surface area contributed by atoms with Crippen LogP contribution in [0.1, 0.15) is 34.6 Å². The van der Waals surface area contributed by atoms with E-state index in [-0.39, 0.29) is 11.9 Å². The molecule has 3 aromatic rings. The summed E-state index contributed by atoms with van der Waals surface area (Å²) in [6, 6.07) is 21.4. The second-order valence-corrected chi connectivity index (χ2v) is 8.45. The summed E-state index contributed by atoms with van der Waals surface area (Å²) in [6.45, 7) is 2.04. The van der Waals surface area contributed by atoms with Gasteiger partial charge in [0.15, 0.2) is 10.8 Å². The van der Waals surface area contributed by atoms with E-state index in [9.17, 15) is 4.79 Å². The molecular weight excluding hydrogens is 388 g/mol. The number of anilines is 1. The molecule has 2 aliphatic rings. The van der Waals surface area contributed by atoms with Crippen LogP contribution in [0.4, 0.5) is 5.69 Å². The molecule has 0 saturated carbocycles. The number of nitrogens with zero attached hydrogens (tertiary/aromatic N) is 2. The minimum absolute atomic E-state index is 0.0651. The minimum atomic E-state index is -0.663. The van der Waals surface area contributed by atoms with Crippen LogP contribution in [-0.4, -0.2) is 21.6 Å². The van der Waals surface area contributed by atoms with Crippen molar-refractivity contribution in [3.8, 4) is 5.75 Å². The Balaban J connectivity index is 1.69.